The summed E-state index contributed by atoms with van der Waals surface area (Å²) >= 11 is 0. The first-order valence-electron chi connectivity index (χ1n) is 7.46. The number of halogens is 2. The van der Waals surface area contributed by atoms with Crippen LogP contribution in [0.1, 0.15) is 12.6 Å². The fourth-order valence-corrected chi connectivity index (χ4v) is 2.19. The van der Waals surface area contributed by atoms with Crippen molar-refractivity contribution in [1.29, 1.82) is 0 Å². The summed E-state index contributed by atoms with van der Waals surface area (Å²) in [5.74, 6) is 0.346. The SMILES string of the molecule is CCOc1ncc(Cn2c[c]nn2)nc1-c1cccc(OC(F)F)c1. The van der Waals surface area contributed by atoms with Crippen molar-refractivity contribution in [2.24, 2.45) is 0 Å². The van der Waals surface area contributed by atoms with E-state index in [1.165, 1.54) is 12.1 Å². The standard InChI is InChI=1S/C16H14F2N5O2/c1-2-24-15-14(11-4-3-5-13(8-11)25-16(17)18)21-12(9-19-15)10-23-7-6-20-22-23/h3-5,7-9,16H,2,10H2,1H3. The summed E-state index contributed by atoms with van der Waals surface area (Å²) in [7, 11) is 0. The van der Waals surface area contributed by atoms with Crippen LogP contribution in [0.2, 0.25) is 0 Å². The highest BCUT2D eigenvalue weighted by molar-refractivity contribution is 5.66. The predicted octanol–water partition coefficient (Wildman–Crippen LogP) is 2.58. The predicted molar refractivity (Wildman–Crippen MR) is 83.2 cm³/mol. The molecule has 0 spiro atoms. The number of rotatable bonds is 7. The van der Waals surface area contributed by atoms with Gasteiger partial charge in [0.1, 0.15) is 17.6 Å². The van der Waals surface area contributed by atoms with Gasteiger partial charge in [-0.15, -0.1) is 5.10 Å². The van der Waals surface area contributed by atoms with E-state index >= 15 is 0 Å². The first-order valence-corrected chi connectivity index (χ1v) is 7.46. The van der Waals surface area contributed by atoms with Crippen LogP contribution in [0.4, 0.5) is 8.78 Å². The normalized spacial score (nSPS) is 10.9. The third-order valence-electron chi connectivity index (χ3n) is 3.15. The van der Waals surface area contributed by atoms with E-state index in [9.17, 15) is 8.78 Å². The molecule has 0 aliphatic carbocycles. The van der Waals surface area contributed by atoms with E-state index in [1.807, 2.05) is 6.92 Å². The summed E-state index contributed by atoms with van der Waals surface area (Å²) < 4.78 is 36.4. The third-order valence-corrected chi connectivity index (χ3v) is 3.15. The minimum absolute atomic E-state index is 0.0352. The zero-order valence-electron chi connectivity index (χ0n) is 13.3. The Labute approximate surface area is 142 Å². The second-order valence-corrected chi connectivity index (χ2v) is 4.90. The molecular weight excluding hydrogens is 332 g/mol. The van der Waals surface area contributed by atoms with Crippen LogP contribution in [0.15, 0.2) is 36.7 Å². The lowest BCUT2D eigenvalue weighted by molar-refractivity contribution is -0.0498. The molecule has 0 saturated heterocycles. The molecule has 0 unspecified atom stereocenters. The Morgan fingerprint density at radius 3 is 2.92 bits per heavy atom. The lowest BCUT2D eigenvalue weighted by atomic mass is 10.1. The van der Waals surface area contributed by atoms with Gasteiger partial charge in [-0.25, -0.2) is 14.6 Å². The lowest BCUT2D eigenvalue weighted by Crippen LogP contribution is -2.07. The van der Waals surface area contributed by atoms with E-state index in [0.29, 0.717) is 36.0 Å². The van der Waals surface area contributed by atoms with Gasteiger partial charge in [-0.1, -0.05) is 17.3 Å². The molecule has 0 aliphatic heterocycles. The van der Waals surface area contributed by atoms with Gasteiger partial charge >= 0.3 is 6.61 Å². The summed E-state index contributed by atoms with van der Waals surface area (Å²) in [6.07, 6.45) is 5.74. The fourth-order valence-electron chi connectivity index (χ4n) is 2.19. The summed E-state index contributed by atoms with van der Waals surface area (Å²) in [5.41, 5.74) is 1.60. The van der Waals surface area contributed by atoms with Gasteiger partial charge in [-0.2, -0.15) is 8.78 Å². The van der Waals surface area contributed by atoms with E-state index < -0.39 is 6.61 Å². The lowest BCUT2D eigenvalue weighted by Gasteiger charge is -2.11. The minimum Gasteiger partial charge on any atom is -0.476 e. The Morgan fingerprint density at radius 1 is 1.32 bits per heavy atom. The number of hydrogen-bond acceptors (Lipinski definition) is 6. The molecule has 3 rings (SSSR count). The molecule has 1 aromatic carbocycles. The molecule has 0 fully saturated rings. The Morgan fingerprint density at radius 2 is 2.20 bits per heavy atom. The van der Waals surface area contributed by atoms with Gasteiger partial charge < -0.3 is 9.47 Å². The van der Waals surface area contributed by atoms with Crippen LogP contribution in [0.5, 0.6) is 11.6 Å². The highest BCUT2D eigenvalue weighted by Crippen LogP contribution is 2.29. The van der Waals surface area contributed by atoms with Gasteiger partial charge in [0.15, 0.2) is 0 Å². The molecule has 3 aromatic rings. The summed E-state index contributed by atoms with van der Waals surface area (Å²) in [6, 6.07) is 6.23. The van der Waals surface area contributed by atoms with Crippen molar-refractivity contribution in [3.05, 3.63) is 48.5 Å². The quantitative estimate of drug-likeness (QED) is 0.655. The maximum absolute atomic E-state index is 12.4. The second kappa shape index (κ2) is 7.65. The smallest absolute Gasteiger partial charge is 0.387 e. The number of hydrogen-bond donors (Lipinski definition) is 0. The summed E-state index contributed by atoms with van der Waals surface area (Å²) in [6.45, 7) is -0.341. The van der Waals surface area contributed by atoms with Crippen molar-refractivity contribution >= 4 is 0 Å². The van der Waals surface area contributed by atoms with E-state index in [-0.39, 0.29) is 5.75 Å². The number of nitrogens with zero attached hydrogens (tertiary/aromatic N) is 5. The summed E-state index contributed by atoms with van der Waals surface area (Å²) in [5, 5.41) is 7.44. The van der Waals surface area contributed by atoms with Crippen molar-refractivity contribution in [1.82, 2.24) is 25.0 Å². The van der Waals surface area contributed by atoms with Gasteiger partial charge in [-0.05, 0) is 19.1 Å². The molecule has 0 aliphatic rings. The van der Waals surface area contributed by atoms with Crippen LogP contribution in [-0.2, 0) is 6.54 Å². The first-order chi connectivity index (χ1) is 12.2. The van der Waals surface area contributed by atoms with Crippen LogP contribution < -0.4 is 9.47 Å². The highest BCUT2D eigenvalue weighted by atomic mass is 19.3. The minimum atomic E-state index is -2.90. The zero-order valence-corrected chi connectivity index (χ0v) is 13.3. The molecule has 0 saturated carbocycles. The third kappa shape index (κ3) is 4.25. The summed E-state index contributed by atoms with van der Waals surface area (Å²) in [4.78, 5) is 8.79. The molecule has 7 nitrogen and oxygen atoms in total. The van der Waals surface area contributed by atoms with Crippen LogP contribution in [-0.4, -0.2) is 38.2 Å². The molecular formula is C16H14F2N5O2. The van der Waals surface area contributed by atoms with E-state index in [0.717, 1.165) is 0 Å². The van der Waals surface area contributed by atoms with Crippen molar-refractivity contribution in [2.45, 2.75) is 20.1 Å². The molecule has 2 aromatic heterocycles. The van der Waals surface area contributed by atoms with Crippen molar-refractivity contribution < 1.29 is 18.3 Å². The molecule has 129 valence electrons. The monoisotopic (exact) mass is 346 g/mol. The maximum Gasteiger partial charge on any atom is 0.387 e. The highest BCUT2D eigenvalue weighted by Gasteiger charge is 2.14. The number of ether oxygens (including phenoxy) is 2. The van der Waals surface area contributed by atoms with Gasteiger partial charge in [0.05, 0.1) is 31.2 Å². The molecule has 1 radical (unpaired) electrons. The van der Waals surface area contributed by atoms with E-state index in [2.05, 4.69) is 31.2 Å². The van der Waals surface area contributed by atoms with Crippen molar-refractivity contribution in [2.75, 3.05) is 6.61 Å². The van der Waals surface area contributed by atoms with E-state index in [4.69, 9.17) is 4.74 Å². The topological polar surface area (TPSA) is 75.0 Å². The van der Waals surface area contributed by atoms with Crippen LogP contribution in [0.25, 0.3) is 11.3 Å². The average molecular weight is 346 g/mol. The van der Waals surface area contributed by atoms with Crippen LogP contribution in [0.3, 0.4) is 0 Å². The van der Waals surface area contributed by atoms with Gasteiger partial charge in [0.2, 0.25) is 5.88 Å². The van der Waals surface area contributed by atoms with Crippen LogP contribution in [0, 0.1) is 6.20 Å². The number of alkyl halides is 2. The average Bonchev–Trinajstić information content (AvgIpc) is 3.09. The molecule has 9 heteroatoms. The number of benzene rings is 1. The van der Waals surface area contributed by atoms with Crippen LogP contribution >= 0.6 is 0 Å². The largest absolute Gasteiger partial charge is 0.476 e. The van der Waals surface area contributed by atoms with Crippen molar-refractivity contribution in [3.63, 3.8) is 0 Å². The number of aromatic nitrogens is 5. The molecule has 0 bridgehead atoms. The molecule has 25 heavy (non-hydrogen) atoms. The Hall–Kier alpha value is -3.10. The van der Waals surface area contributed by atoms with Crippen molar-refractivity contribution in [3.8, 4) is 22.9 Å². The molecule has 0 atom stereocenters. The van der Waals surface area contributed by atoms with Gasteiger partial charge in [0, 0.05) is 5.56 Å². The fraction of sp³-hybridized carbons (Fsp3) is 0.250. The van der Waals surface area contributed by atoms with Gasteiger partial charge in [-0.3, -0.25) is 0 Å². The Kier molecular flexibility index (Phi) is 5.12. The van der Waals surface area contributed by atoms with E-state index in [1.54, 1.807) is 29.2 Å². The Bertz CT molecular complexity index is 827. The zero-order chi connectivity index (χ0) is 17.6. The first kappa shape index (κ1) is 16.7. The second-order valence-electron chi connectivity index (χ2n) is 4.90. The molecule has 0 amide bonds. The molecule has 0 N–H and O–H groups in total. The van der Waals surface area contributed by atoms with Gasteiger partial charge in [0.25, 0.3) is 0 Å². The Balaban J connectivity index is 1.97. The maximum atomic E-state index is 12.4. The molecule has 2 heterocycles.